The smallest absolute Gasteiger partial charge is 0.255 e. The van der Waals surface area contributed by atoms with Gasteiger partial charge in [0.15, 0.2) is 0 Å². The Hall–Kier alpha value is -1.63. The minimum absolute atomic E-state index is 0.0761. The van der Waals surface area contributed by atoms with Gasteiger partial charge in [0.25, 0.3) is 5.91 Å². The van der Waals surface area contributed by atoms with Crippen molar-refractivity contribution in [2.24, 2.45) is 0 Å². The van der Waals surface area contributed by atoms with Gasteiger partial charge in [0.2, 0.25) is 0 Å². The largest absolute Gasteiger partial charge is 0.390 e. The van der Waals surface area contributed by atoms with Gasteiger partial charge in [-0.2, -0.15) is 0 Å². The number of morpholine rings is 1. The van der Waals surface area contributed by atoms with Gasteiger partial charge in [0.05, 0.1) is 30.5 Å². The first-order valence-corrected chi connectivity index (χ1v) is 9.73. The Morgan fingerprint density at radius 1 is 1.08 bits per heavy atom. The van der Waals surface area contributed by atoms with E-state index in [4.69, 9.17) is 9.47 Å². The minimum atomic E-state index is -0.446. The van der Waals surface area contributed by atoms with Crippen LogP contribution < -0.4 is 4.90 Å². The summed E-state index contributed by atoms with van der Waals surface area (Å²) in [5, 5.41) is 10.4. The fraction of sp³-hybridized carbons (Fsp3) is 0.650. The molecule has 1 aromatic carbocycles. The third-order valence-corrected chi connectivity index (χ3v) is 6.00. The Balaban J connectivity index is 1.47. The number of carbonyl (C=O) groups is 1. The molecule has 3 saturated heterocycles. The molecule has 0 saturated carbocycles. The normalized spacial score (nSPS) is 26.1. The van der Waals surface area contributed by atoms with Crippen molar-refractivity contribution in [3.8, 4) is 0 Å². The van der Waals surface area contributed by atoms with Gasteiger partial charge in [0.1, 0.15) is 0 Å². The van der Waals surface area contributed by atoms with Gasteiger partial charge in [-0.15, -0.1) is 0 Å². The van der Waals surface area contributed by atoms with Gasteiger partial charge in [-0.1, -0.05) is 12.1 Å². The molecule has 6 heteroatoms. The molecule has 142 valence electrons. The van der Waals surface area contributed by atoms with Crippen molar-refractivity contribution in [2.45, 2.75) is 37.4 Å². The predicted molar refractivity (Wildman–Crippen MR) is 98.5 cm³/mol. The van der Waals surface area contributed by atoms with Crippen LogP contribution in [-0.2, 0) is 9.47 Å². The number of hydrogen-bond acceptors (Lipinski definition) is 5. The summed E-state index contributed by atoms with van der Waals surface area (Å²) in [6.07, 6.45) is 2.72. The molecule has 6 nitrogen and oxygen atoms in total. The molecule has 1 spiro atoms. The van der Waals surface area contributed by atoms with E-state index in [0.717, 1.165) is 37.2 Å². The second-order valence-corrected chi connectivity index (χ2v) is 7.48. The highest BCUT2D eigenvalue weighted by atomic mass is 16.5. The number of amides is 1. The summed E-state index contributed by atoms with van der Waals surface area (Å²) in [7, 11) is 0. The lowest BCUT2D eigenvalue weighted by Gasteiger charge is -2.46. The zero-order chi connectivity index (χ0) is 18.0. The molecule has 0 aromatic heterocycles. The first kappa shape index (κ1) is 17.8. The highest BCUT2D eigenvalue weighted by molar-refractivity contribution is 6.00. The summed E-state index contributed by atoms with van der Waals surface area (Å²) >= 11 is 0. The topological polar surface area (TPSA) is 62.2 Å². The molecule has 1 atom stereocenters. The monoisotopic (exact) mass is 360 g/mol. The van der Waals surface area contributed by atoms with Crippen LogP contribution in [0.2, 0.25) is 0 Å². The SMILES string of the molecule is O=C(c1ccccc1N1CCOCC1)N1CCC2(CC1)OCCC[C@@H]2O. The van der Waals surface area contributed by atoms with Crippen LogP contribution in [-0.4, -0.2) is 73.6 Å². The van der Waals surface area contributed by atoms with E-state index in [0.29, 0.717) is 45.8 Å². The summed E-state index contributed by atoms with van der Waals surface area (Å²) in [5.74, 6) is 0.0761. The molecule has 3 aliphatic rings. The number of anilines is 1. The standard InChI is InChI=1S/C20H28N2O4/c23-18-6-3-13-26-20(18)7-9-22(10-8-20)19(24)16-4-1-2-5-17(16)21-11-14-25-15-12-21/h1-2,4-5,18,23H,3,6-15H2/t18-/m0/s1. The Kier molecular flexibility index (Phi) is 5.16. The first-order valence-electron chi connectivity index (χ1n) is 9.73. The Morgan fingerprint density at radius 2 is 1.81 bits per heavy atom. The maximum absolute atomic E-state index is 13.2. The minimum Gasteiger partial charge on any atom is -0.390 e. The number of hydrogen-bond donors (Lipinski definition) is 1. The maximum atomic E-state index is 13.2. The fourth-order valence-electron chi connectivity index (χ4n) is 4.38. The van der Waals surface area contributed by atoms with Crippen molar-refractivity contribution in [3.05, 3.63) is 29.8 Å². The van der Waals surface area contributed by atoms with E-state index in [1.54, 1.807) is 0 Å². The van der Waals surface area contributed by atoms with E-state index in [1.807, 2.05) is 29.2 Å². The molecule has 3 aliphatic heterocycles. The van der Waals surface area contributed by atoms with E-state index < -0.39 is 11.7 Å². The molecule has 0 unspecified atom stereocenters. The number of nitrogens with zero attached hydrogens (tertiary/aromatic N) is 2. The zero-order valence-corrected chi connectivity index (χ0v) is 15.2. The third kappa shape index (κ3) is 3.33. The summed E-state index contributed by atoms with van der Waals surface area (Å²) < 4.78 is 11.4. The Morgan fingerprint density at radius 3 is 2.54 bits per heavy atom. The van der Waals surface area contributed by atoms with Gasteiger partial charge in [-0.25, -0.2) is 0 Å². The molecule has 0 aliphatic carbocycles. The second-order valence-electron chi connectivity index (χ2n) is 7.48. The highest BCUT2D eigenvalue weighted by Crippen LogP contribution is 2.36. The molecule has 0 bridgehead atoms. The van der Waals surface area contributed by atoms with Crippen LogP contribution in [0.15, 0.2) is 24.3 Å². The number of piperidine rings is 1. The van der Waals surface area contributed by atoms with E-state index in [2.05, 4.69) is 4.90 Å². The molecule has 1 aromatic rings. The molecule has 3 fully saturated rings. The van der Waals surface area contributed by atoms with Gasteiger partial charge >= 0.3 is 0 Å². The highest BCUT2D eigenvalue weighted by Gasteiger charge is 2.44. The number of ether oxygens (including phenoxy) is 2. The second kappa shape index (κ2) is 7.55. The lowest BCUT2D eigenvalue weighted by atomic mass is 9.82. The van der Waals surface area contributed by atoms with Crippen molar-refractivity contribution >= 4 is 11.6 Å². The van der Waals surface area contributed by atoms with Gasteiger partial charge in [-0.3, -0.25) is 4.79 Å². The van der Waals surface area contributed by atoms with Crippen molar-refractivity contribution in [1.29, 1.82) is 0 Å². The lowest BCUT2D eigenvalue weighted by Crippen LogP contribution is -2.56. The van der Waals surface area contributed by atoms with Crippen molar-refractivity contribution < 1.29 is 19.4 Å². The van der Waals surface area contributed by atoms with E-state index in [1.165, 1.54) is 0 Å². The molecule has 4 rings (SSSR count). The van der Waals surface area contributed by atoms with Gasteiger partial charge in [0, 0.05) is 38.5 Å². The van der Waals surface area contributed by atoms with Crippen LogP contribution in [0.3, 0.4) is 0 Å². The maximum Gasteiger partial charge on any atom is 0.255 e. The molecule has 1 amide bonds. The van der Waals surface area contributed by atoms with Crippen molar-refractivity contribution in [3.63, 3.8) is 0 Å². The summed E-state index contributed by atoms with van der Waals surface area (Å²) in [5.41, 5.74) is 1.31. The van der Waals surface area contributed by atoms with Gasteiger partial charge in [-0.05, 0) is 37.8 Å². The van der Waals surface area contributed by atoms with Crippen molar-refractivity contribution in [1.82, 2.24) is 4.90 Å². The number of rotatable bonds is 2. The van der Waals surface area contributed by atoms with Crippen LogP contribution in [0.5, 0.6) is 0 Å². The van der Waals surface area contributed by atoms with Crippen molar-refractivity contribution in [2.75, 3.05) is 50.9 Å². The molecule has 1 N–H and O–H groups in total. The zero-order valence-electron chi connectivity index (χ0n) is 15.2. The van der Waals surface area contributed by atoms with Crippen LogP contribution in [0.1, 0.15) is 36.0 Å². The number of aliphatic hydroxyl groups is 1. The third-order valence-electron chi connectivity index (χ3n) is 6.00. The summed E-state index contributed by atoms with van der Waals surface area (Å²) in [4.78, 5) is 17.3. The Labute approximate surface area is 154 Å². The van der Waals surface area contributed by atoms with Crippen LogP contribution in [0, 0.1) is 0 Å². The number of carbonyl (C=O) groups excluding carboxylic acids is 1. The average Bonchev–Trinajstić information content (AvgIpc) is 2.71. The molecule has 3 heterocycles. The lowest BCUT2D eigenvalue weighted by molar-refractivity contribution is -0.174. The van der Waals surface area contributed by atoms with Crippen LogP contribution in [0.4, 0.5) is 5.69 Å². The number of benzene rings is 1. The average molecular weight is 360 g/mol. The van der Waals surface area contributed by atoms with Crippen LogP contribution >= 0.6 is 0 Å². The first-order chi connectivity index (χ1) is 12.7. The van der Waals surface area contributed by atoms with E-state index >= 15 is 0 Å². The molecule has 26 heavy (non-hydrogen) atoms. The quantitative estimate of drug-likeness (QED) is 0.869. The molecule has 0 radical (unpaired) electrons. The fourth-order valence-corrected chi connectivity index (χ4v) is 4.38. The number of para-hydroxylation sites is 1. The predicted octanol–water partition coefficient (Wildman–Crippen LogP) is 1.67. The molecular formula is C20H28N2O4. The molecular weight excluding hydrogens is 332 g/mol. The van der Waals surface area contributed by atoms with Gasteiger partial charge < -0.3 is 24.4 Å². The summed E-state index contributed by atoms with van der Waals surface area (Å²) in [6, 6.07) is 7.86. The number of aliphatic hydroxyl groups excluding tert-OH is 1. The van der Waals surface area contributed by atoms with E-state index in [9.17, 15) is 9.90 Å². The Bertz CT molecular complexity index is 636. The van der Waals surface area contributed by atoms with Crippen LogP contribution in [0.25, 0.3) is 0 Å². The van der Waals surface area contributed by atoms with E-state index in [-0.39, 0.29) is 5.91 Å². The summed E-state index contributed by atoms with van der Waals surface area (Å²) in [6.45, 7) is 5.00. The number of likely N-dealkylation sites (tertiary alicyclic amines) is 1.